The first-order valence-electron chi connectivity index (χ1n) is 8.51. The Hall–Kier alpha value is -2.91. The lowest BCUT2D eigenvalue weighted by molar-refractivity contribution is -0.135. The van der Waals surface area contributed by atoms with Gasteiger partial charge >= 0.3 is 0 Å². The van der Waals surface area contributed by atoms with Gasteiger partial charge in [-0.25, -0.2) is 4.39 Å². The highest BCUT2D eigenvalue weighted by molar-refractivity contribution is 5.77. The SMILES string of the molecule is N#Cc1cccc(CN2CCN(C(=O)COc3ccc(F)cc3)CC2)c1. The third kappa shape index (κ3) is 4.80. The molecule has 0 unspecified atom stereocenters. The molecule has 1 saturated heterocycles. The molecule has 1 fully saturated rings. The highest BCUT2D eigenvalue weighted by Gasteiger charge is 2.21. The average Bonchev–Trinajstić information content (AvgIpc) is 2.68. The molecule has 2 aromatic carbocycles. The van der Waals surface area contributed by atoms with Gasteiger partial charge in [0, 0.05) is 32.7 Å². The van der Waals surface area contributed by atoms with Crippen LogP contribution in [0.3, 0.4) is 0 Å². The molecule has 26 heavy (non-hydrogen) atoms. The van der Waals surface area contributed by atoms with Crippen molar-refractivity contribution in [1.82, 2.24) is 9.80 Å². The fourth-order valence-corrected chi connectivity index (χ4v) is 2.92. The number of ether oxygens (including phenoxy) is 1. The van der Waals surface area contributed by atoms with Gasteiger partial charge in [0.25, 0.3) is 5.91 Å². The second kappa shape index (κ2) is 8.45. The van der Waals surface area contributed by atoms with Crippen LogP contribution in [-0.4, -0.2) is 48.5 Å². The molecule has 0 spiro atoms. The number of amides is 1. The van der Waals surface area contributed by atoms with Crippen LogP contribution in [0.15, 0.2) is 48.5 Å². The summed E-state index contributed by atoms with van der Waals surface area (Å²) in [5.74, 6) is 0.0799. The molecule has 0 aromatic heterocycles. The highest BCUT2D eigenvalue weighted by atomic mass is 19.1. The van der Waals surface area contributed by atoms with Crippen molar-refractivity contribution < 1.29 is 13.9 Å². The number of carbonyl (C=O) groups is 1. The molecule has 1 aliphatic heterocycles. The van der Waals surface area contributed by atoms with Crippen LogP contribution in [0.25, 0.3) is 0 Å². The molecular formula is C20H20FN3O2. The Balaban J connectivity index is 1.44. The van der Waals surface area contributed by atoms with Gasteiger partial charge < -0.3 is 9.64 Å². The molecular weight excluding hydrogens is 333 g/mol. The summed E-state index contributed by atoms with van der Waals surface area (Å²) in [6, 6.07) is 15.4. The number of halogens is 1. The second-order valence-electron chi connectivity index (χ2n) is 6.21. The predicted octanol–water partition coefficient (Wildman–Crippen LogP) is 2.42. The molecule has 6 heteroatoms. The summed E-state index contributed by atoms with van der Waals surface area (Å²) in [5, 5.41) is 8.97. The number of rotatable bonds is 5. The second-order valence-corrected chi connectivity index (χ2v) is 6.21. The average molecular weight is 353 g/mol. The van der Waals surface area contributed by atoms with E-state index in [1.165, 1.54) is 24.3 Å². The Bertz CT molecular complexity index is 793. The summed E-state index contributed by atoms with van der Waals surface area (Å²) in [7, 11) is 0. The Morgan fingerprint density at radius 3 is 2.54 bits per heavy atom. The molecule has 2 aromatic rings. The van der Waals surface area contributed by atoms with Crippen LogP contribution in [0.5, 0.6) is 5.75 Å². The summed E-state index contributed by atoms with van der Waals surface area (Å²) in [4.78, 5) is 16.3. The normalized spacial score (nSPS) is 14.7. The van der Waals surface area contributed by atoms with Crippen molar-refractivity contribution in [2.45, 2.75) is 6.54 Å². The minimum atomic E-state index is -0.333. The third-order valence-electron chi connectivity index (χ3n) is 4.36. The maximum atomic E-state index is 12.9. The van der Waals surface area contributed by atoms with Crippen LogP contribution in [0.2, 0.25) is 0 Å². The molecule has 1 aliphatic rings. The van der Waals surface area contributed by atoms with Gasteiger partial charge in [0.15, 0.2) is 6.61 Å². The van der Waals surface area contributed by atoms with Crippen LogP contribution < -0.4 is 4.74 Å². The van der Waals surface area contributed by atoms with Crippen molar-refractivity contribution in [2.75, 3.05) is 32.8 Å². The van der Waals surface area contributed by atoms with Crippen molar-refractivity contribution in [2.24, 2.45) is 0 Å². The van der Waals surface area contributed by atoms with Crippen LogP contribution in [0.4, 0.5) is 4.39 Å². The van der Waals surface area contributed by atoms with E-state index < -0.39 is 0 Å². The van der Waals surface area contributed by atoms with Crippen molar-refractivity contribution in [3.63, 3.8) is 0 Å². The third-order valence-corrected chi connectivity index (χ3v) is 4.36. The number of hydrogen-bond acceptors (Lipinski definition) is 4. The first-order chi connectivity index (χ1) is 12.6. The van der Waals surface area contributed by atoms with Gasteiger partial charge in [-0.2, -0.15) is 5.26 Å². The highest BCUT2D eigenvalue weighted by Crippen LogP contribution is 2.13. The number of hydrogen-bond donors (Lipinski definition) is 0. The zero-order valence-corrected chi connectivity index (χ0v) is 14.4. The van der Waals surface area contributed by atoms with E-state index in [4.69, 9.17) is 10.00 Å². The van der Waals surface area contributed by atoms with Crippen LogP contribution in [0, 0.1) is 17.1 Å². The molecule has 0 bridgehead atoms. The van der Waals surface area contributed by atoms with E-state index in [0.717, 1.165) is 25.2 Å². The zero-order chi connectivity index (χ0) is 18.4. The maximum Gasteiger partial charge on any atom is 0.260 e. The summed E-state index contributed by atoms with van der Waals surface area (Å²) < 4.78 is 18.3. The van der Waals surface area contributed by atoms with E-state index in [9.17, 15) is 9.18 Å². The fraction of sp³-hybridized carbons (Fsp3) is 0.300. The fourth-order valence-electron chi connectivity index (χ4n) is 2.92. The number of piperazine rings is 1. The van der Waals surface area contributed by atoms with E-state index in [-0.39, 0.29) is 18.3 Å². The molecule has 134 valence electrons. The van der Waals surface area contributed by atoms with E-state index >= 15 is 0 Å². The summed E-state index contributed by atoms with van der Waals surface area (Å²) in [6.07, 6.45) is 0. The minimum absolute atomic E-state index is 0.0458. The van der Waals surface area contributed by atoms with Gasteiger partial charge in [-0.1, -0.05) is 12.1 Å². The molecule has 3 rings (SSSR count). The molecule has 0 atom stereocenters. The lowest BCUT2D eigenvalue weighted by Gasteiger charge is -2.34. The molecule has 5 nitrogen and oxygen atoms in total. The van der Waals surface area contributed by atoms with E-state index in [1.807, 2.05) is 18.2 Å². The Morgan fingerprint density at radius 1 is 1.12 bits per heavy atom. The molecule has 0 N–H and O–H groups in total. The monoisotopic (exact) mass is 353 g/mol. The molecule has 0 aliphatic carbocycles. The van der Waals surface area contributed by atoms with Crippen molar-refractivity contribution >= 4 is 5.91 Å². The Morgan fingerprint density at radius 2 is 1.85 bits per heavy atom. The molecule has 0 radical (unpaired) electrons. The molecule has 1 amide bonds. The van der Waals surface area contributed by atoms with Gasteiger partial charge in [0.2, 0.25) is 0 Å². The van der Waals surface area contributed by atoms with E-state index in [1.54, 1.807) is 11.0 Å². The lowest BCUT2D eigenvalue weighted by Crippen LogP contribution is -2.49. The zero-order valence-electron chi connectivity index (χ0n) is 14.4. The van der Waals surface area contributed by atoms with Crippen LogP contribution in [-0.2, 0) is 11.3 Å². The lowest BCUT2D eigenvalue weighted by atomic mass is 10.1. The predicted molar refractivity (Wildman–Crippen MR) is 94.9 cm³/mol. The number of carbonyl (C=O) groups excluding carboxylic acids is 1. The summed E-state index contributed by atoms with van der Waals surface area (Å²) >= 11 is 0. The quantitative estimate of drug-likeness (QED) is 0.828. The van der Waals surface area contributed by atoms with Gasteiger partial charge in [-0.15, -0.1) is 0 Å². The van der Waals surface area contributed by atoms with Crippen LogP contribution in [0.1, 0.15) is 11.1 Å². The van der Waals surface area contributed by atoms with Gasteiger partial charge in [-0.3, -0.25) is 9.69 Å². The van der Waals surface area contributed by atoms with Gasteiger partial charge in [0.1, 0.15) is 11.6 Å². The number of nitrogens with zero attached hydrogens (tertiary/aromatic N) is 3. The summed E-state index contributed by atoms with van der Waals surface area (Å²) in [5.41, 5.74) is 1.76. The number of nitriles is 1. The Labute approximate surface area is 152 Å². The largest absolute Gasteiger partial charge is 0.484 e. The standard InChI is InChI=1S/C20H20FN3O2/c21-18-4-6-19(7-5-18)26-15-20(25)24-10-8-23(9-11-24)14-17-3-1-2-16(12-17)13-22/h1-7,12H,8-11,14-15H2. The molecule has 0 saturated carbocycles. The smallest absolute Gasteiger partial charge is 0.260 e. The van der Waals surface area contributed by atoms with E-state index in [2.05, 4.69) is 11.0 Å². The van der Waals surface area contributed by atoms with E-state index in [0.29, 0.717) is 24.4 Å². The van der Waals surface area contributed by atoms with Crippen LogP contribution >= 0.6 is 0 Å². The number of benzene rings is 2. The van der Waals surface area contributed by atoms with Crippen molar-refractivity contribution in [3.8, 4) is 11.8 Å². The van der Waals surface area contributed by atoms with Gasteiger partial charge in [-0.05, 0) is 42.0 Å². The summed E-state index contributed by atoms with van der Waals surface area (Å²) in [6.45, 7) is 3.56. The van der Waals surface area contributed by atoms with Crippen molar-refractivity contribution in [3.05, 3.63) is 65.5 Å². The first-order valence-corrected chi connectivity index (χ1v) is 8.51. The minimum Gasteiger partial charge on any atom is -0.484 e. The topological polar surface area (TPSA) is 56.6 Å². The maximum absolute atomic E-state index is 12.9. The van der Waals surface area contributed by atoms with Crippen molar-refractivity contribution in [1.29, 1.82) is 5.26 Å². The molecule has 1 heterocycles. The van der Waals surface area contributed by atoms with Gasteiger partial charge in [0.05, 0.1) is 11.6 Å². The first kappa shape index (κ1) is 17.9. The Kier molecular flexibility index (Phi) is 5.82.